The summed E-state index contributed by atoms with van der Waals surface area (Å²) in [6.07, 6.45) is -2.10. The van der Waals surface area contributed by atoms with E-state index in [9.17, 15) is 28.2 Å². The molecule has 1 unspecified atom stereocenters. The molecule has 0 aliphatic rings. The number of aliphatic hydroxyl groups excluding tert-OH is 2. The van der Waals surface area contributed by atoms with Gasteiger partial charge >= 0.3 is 11.9 Å². The third kappa shape index (κ3) is 6.01. The van der Waals surface area contributed by atoms with Crippen LogP contribution < -0.4 is 5.69 Å². The van der Waals surface area contributed by atoms with Crippen LogP contribution in [0.15, 0.2) is 59.9 Å². The number of hydrogen-bond acceptors (Lipinski definition) is 6. The van der Waals surface area contributed by atoms with Crippen LogP contribution in [0.4, 0.5) is 13.2 Å². The van der Waals surface area contributed by atoms with Crippen molar-refractivity contribution < 1.29 is 23.4 Å². The lowest BCUT2D eigenvalue weighted by Gasteiger charge is -2.15. The average molecular weight is 525 g/mol. The Morgan fingerprint density at radius 1 is 1.22 bits per heavy atom. The first kappa shape index (κ1) is 27.1. The minimum atomic E-state index is -4.94. The lowest BCUT2D eigenvalue weighted by atomic mass is 10.2. The summed E-state index contributed by atoms with van der Waals surface area (Å²) in [5.74, 6) is 0.172. The van der Waals surface area contributed by atoms with Crippen molar-refractivity contribution in [3.8, 4) is 11.4 Å². The third-order valence-electron chi connectivity index (χ3n) is 5.04. The van der Waals surface area contributed by atoms with Gasteiger partial charge in [0.1, 0.15) is 12.6 Å². The zero-order valence-corrected chi connectivity index (χ0v) is 20.1. The quantitative estimate of drug-likeness (QED) is 0.414. The maximum Gasteiger partial charge on any atom is 0.416 e. The summed E-state index contributed by atoms with van der Waals surface area (Å²) in [7, 11) is 0. The minimum absolute atomic E-state index is 0.0861. The van der Waals surface area contributed by atoms with Gasteiger partial charge in [-0.05, 0) is 44.2 Å². The summed E-state index contributed by atoms with van der Waals surface area (Å²) >= 11 is 5.90. The summed E-state index contributed by atoms with van der Waals surface area (Å²) in [4.78, 5) is 17.4. The normalized spacial score (nSPS) is 14.4. The molecule has 0 spiro atoms. The lowest BCUT2D eigenvalue weighted by molar-refractivity contribution is -0.207. The average Bonchev–Trinajstić information content (AvgIpc) is 3.37. The lowest BCUT2D eigenvalue weighted by Crippen LogP contribution is -2.37. The molecule has 2 aromatic heterocycles. The first-order valence-electron chi connectivity index (χ1n) is 10.7. The minimum Gasteiger partial charge on any atom is -0.385 e. The van der Waals surface area contributed by atoms with Gasteiger partial charge in [-0.1, -0.05) is 36.4 Å². The second-order valence-electron chi connectivity index (χ2n) is 7.72. The van der Waals surface area contributed by atoms with E-state index in [4.69, 9.17) is 11.6 Å². The number of aliphatic hydroxyl groups is 2. The molecule has 0 radical (unpaired) electrons. The van der Waals surface area contributed by atoms with E-state index in [1.165, 1.54) is 35.9 Å². The molecule has 2 N–H and O–H groups in total. The standard InChI is InChI=1S/C23H24ClF3N6O3/c1-4-6-7-17(5-2)33-20(14(3)34)28-19(29-33)13-32-22(36)31(12-18(35)23(25,26)27)21(30-32)15-8-10-16(24)11-9-15/h4-11,14,18,34-35H,1,12-13H2,2-3H3/b7-6-,17-5+/t14?,18-/m0/s1. The molecular formula is C23H24ClF3N6O3. The van der Waals surface area contributed by atoms with Crippen LogP contribution in [0.2, 0.25) is 5.02 Å². The molecule has 3 aromatic rings. The summed E-state index contributed by atoms with van der Waals surface area (Å²) in [6, 6.07) is 5.98. The Bertz CT molecular complexity index is 1340. The Balaban J connectivity index is 2.08. The Morgan fingerprint density at radius 3 is 2.44 bits per heavy atom. The Morgan fingerprint density at radius 2 is 1.89 bits per heavy atom. The van der Waals surface area contributed by atoms with Crippen LogP contribution in [0.1, 0.15) is 31.6 Å². The molecule has 0 amide bonds. The van der Waals surface area contributed by atoms with E-state index >= 15 is 0 Å². The van der Waals surface area contributed by atoms with Gasteiger partial charge in [-0.25, -0.2) is 19.1 Å². The van der Waals surface area contributed by atoms with Gasteiger partial charge in [-0.2, -0.15) is 13.2 Å². The molecule has 1 aromatic carbocycles. The van der Waals surface area contributed by atoms with Gasteiger partial charge in [0.15, 0.2) is 23.6 Å². The van der Waals surface area contributed by atoms with Crippen LogP contribution >= 0.6 is 11.6 Å². The summed E-state index contributed by atoms with van der Waals surface area (Å²) in [5.41, 5.74) is -0.0212. The van der Waals surface area contributed by atoms with Crippen LogP contribution in [0.25, 0.3) is 17.1 Å². The molecule has 13 heteroatoms. The summed E-state index contributed by atoms with van der Waals surface area (Å²) < 4.78 is 42.2. The molecule has 0 aliphatic carbocycles. The van der Waals surface area contributed by atoms with Gasteiger partial charge < -0.3 is 10.2 Å². The van der Waals surface area contributed by atoms with E-state index in [1.807, 2.05) is 0 Å². The van der Waals surface area contributed by atoms with Crippen LogP contribution in [0.5, 0.6) is 0 Å². The van der Waals surface area contributed by atoms with E-state index < -0.39 is 30.6 Å². The van der Waals surface area contributed by atoms with Crippen molar-refractivity contribution >= 4 is 17.3 Å². The second-order valence-corrected chi connectivity index (χ2v) is 8.16. The fourth-order valence-corrected chi connectivity index (χ4v) is 3.41. The summed E-state index contributed by atoms with van der Waals surface area (Å²) in [5, 5.41) is 28.7. The SMILES string of the molecule is C=C/C=C\C(=C/C)n1nc(Cn2nc(-c3ccc(Cl)cc3)n(C[C@H](O)C(F)(F)F)c2=O)nc1C(C)O. The van der Waals surface area contributed by atoms with Gasteiger partial charge in [0.2, 0.25) is 0 Å². The molecule has 0 fully saturated rings. The highest BCUT2D eigenvalue weighted by Gasteiger charge is 2.39. The zero-order valence-electron chi connectivity index (χ0n) is 19.4. The van der Waals surface area contributed by atoms with Crippen LogP contribution in [-0.2, 0) is 13.1 Å². The van der Waals surface area contributed by atoms with E-state index in [-0.39, 0.29) is 24.0 Å². The molecule has 0 aliphatic heterocycles. The molecule has 9 nitrogen and oxygen atoms in total. The number of rotatable bonds is 9. The highest BCUT2D eigenvalue weighted by molar-refractivity contribution is 6.30. The van der Waals surface area contributed by atoms with Gasteiger partial charge in [0, 0.05) is 10.6 Å². The molecule has 2 atom stereocenters. The number of halogens is 4. The largest absolute Gasteiger partial charge is 0.416 e. The molecule has 3 rings (SSSR count). The smallest absolute Gasteiger partial charge is 0.385 e. The number of hydrogen-bond donors (Lipinski definition) is 2. The fraction of sp³-hybridized carbons (Fsp3) is 0.304. The van der Waals surface area contributed by atoms with Crippen molar-refractivity contribution in [3.63, 3.8) is 0 Å². The maximum atomic E-state index is 13.1. The van der Waals surface area contributed by atoms with E-state index in [1.54, 1.807) is 31.2 Å². The van der Waals surface area contributed by atoms with E-state index in [0.717, 1.165) is 9.25 Å². The topological polar surface area (TPSA) is 111 Å². The van der Waals surface area contributed by atoms with Gasteiger partial charge in [0.05, 0.1) is 12.2 Å². The van der Waals surface area contributed by atoms with Crippen molar-refractivity contribution in [3.05, 3.63) is 82.3 Å². The van der Waals surface area contributed by atoms with Crippen molar-refractivity contribution in [2.75, 3.05) is 0 Å². The predicted molar refractivity (Wildman–Crippen MR) is 128 cm³/mol. The Hall–Kier alpha value is -3.48. The molecule has 36 heavy (non-hydrogen) atoms. The van der Waals surface area contributed by atoms with Crippen molar-refractivity contribution in [2.24, 2.45) is 0 Å². The Labute approximate surface area is 209 Å². The first-order chi connectivity index (χ1) is 17.0. The summed E-state index contributed by atoms with van der Waals surface area (Å²) in [6.45, 7) is 5.50. The predicted octanol–water partition coefficient (Wildman–Crippen LogP) is 3.58. The van der Waals surface area contributed by atoms with Gasteiger partial charge in [0.25, 0.3) is 0 Å². The molecule has 0 saturated carbocycles. The number of aromatic nitrogens is 6. The molecule has 0 bridgehead atoms. The number of nitrogens with zero attached hydrogens (tertiary/aromatic N) is 6. The van der Waals surface area contributed by atoms with E-state index in [2.05, 4.69) is 21.8 Å². The number of benzene rings is 1. The van der Waals surface area contributed by atoms with Crippen molar-refractivity contribution in [1.29, 1.82) is 0 Å². The van der Waals surface area contributed by atoms with Crippen LogP contribution in [0, 0.1) is 0 Å². The van der Waals surface area contributed by atoms with Gasteiger partial charge in [-0.15, -0.1) is 10.2 Å². The monoisotopic (exact) mass is 524 g/mol. The highest BCUT2D eigenvalue weighted by atomic mass is 35.5. The molecule has 0 saturated heterocycles. The highest BCUT2D eigenvalue weighted by Crippen LogP contribution is 2.24. The maximum absolute atomic E-state index is 13.1. The molecule has 192 valence electrons. The molecule has 2 heterocycles. The van der Waals surface area contributed by atoms with Crippen molar-refractivity contribution in [2.45, 2.75) is 45.3 Å². The third-order valence-corrected chi connectivity index (χ3v) is 5.29. The Kier molecular flexibility index (Phi) is 8.33. The fourth-order valence-electron chi connectivity index (χ4n) is 3.28. The van der Waals surface area contributed by atoms with E-state index in [0.29, 0.717) is 16.3 Å². The zero-order chi connectivity index (χ0) is 26.6. The molecular weight excluding hydrogens is 501 g/mol. The number of allylic oxidation sites excluding steroid dienone is 5. The second kappa shape index (κ2) is 11.1. The van der Waals surface area contributed by atoms with Crippen molar-refractivity contribution in [1.82, 2.24) is 29.1 Å². The van der Waals surface area contributed by atoms with Crippen LogP contribution in [-0.4, -0.2) is 51.6 Å². The van der Waals surface area contributed by atoms with Crippen LogP contribution in [0.3, 0.4) is 0 Å². The number of alkyl halides is 3. The van der Waals surface area contributed by atoms with Gasteiger partial charge in [-0.3, -0.25) is 4.57 Å². The first-order valence-corrected chi connectivity index (χ1v) is 11.1.